The standard InChI is InChI=1S/C38H52N2O10/c1-7-9-19-29(47-33(41)21-39(3)4)25-15-11-13-17-27(25)37(43)49-31-23-45-36-32(24-46-35(31)36)50-38(44)28-18-14-12-16-26(28)30(20-10-8-2)48-34(42)22-40(5)6/h11-18,29-32,35-36H,7-10,19-24H2,1-6H3/t29-,30-,31-,32+,35+,36+/m0/s1. The van der Waals surface area contributed by atoms with Gasteiger partial charge in [-0.25, -0.2) is 9.59 Å². The summed E-state index contributed by atoms with van der Waals surface area (Å²) in [7, 11) is 7.15. The maximum absolute atomic E-state index is 13.6. The van der Waals surface area contributed by atoms with Gasteiger partial charge in [-0.2, -0.15) is 0 Å². The Morgan fingerprint density at radius 1 is 0.660 bits per heavy atom. The summed E-state index contributed by atoms with van der Waals surface area (Å²) in [5.74, 6) is -1.92. The van der Waals surface area contributed by atoms with Crippen LogP contribution in [-0.2, 0) is 38.0 Å². The van der Waals surface area contributed by atoms with E-state index in [4.69, 9.17) is 28.4 Å². The molecule has 0 unspecified atom stereocenters. The molecule has 2 heterocycles. The number of carbonyl (C=O) groups excluding carboxylic acids is 4. The number of carbonyl (C=O) groups is 4. The average molecular weight is 697 g/mol. The van der Waals surface area contributed by atoms with Gasteiger partial charge in [-0.3, -0.25) is 19.4 Å². The Kier molecular flexibility index (Phi) is 14.8. The number of hydrogen-bond donors (Lipinski definition) is 0. The van der Waals surface area contributed by atoms with E-state index in [1.54, 1.807) is 86.5 Å². The fourth-order valence-corrected chi connectivity index (χ4v) is 6.20. The smallest absolute Gasteiger partial charge is 0.339 e. The van der Waals surface area contributed by atoms with Gasteiger partial charge in [0.15, 0.2) is 12.2 Å². The van der Waals surface area contributed by atoms with Gasteiger partial charge in [-0.15, -0.1) is 0 Å². The number of unbranched alkanes of at least 4 members (excludes halogenated alkanes) is 2. The van der Waals surface area contributed by atoms with Gasteiger partial charge in [0.05, 0.1) is 37.4 Å². The van der Waals surface area contributed by atoms with Gasteiger partial charge < -0.3 is 28.4 Å². The van der Waals surface area contributed by atoms with Crippen molar-refractivity contribution in [2.24, 2.45) is 0 Å². The zero-order chi connectivity index (χ0) is 36.2. The maximum atomic E-state index is 13.6. The number of rotatable bonds is 18. The summed E-state index contributed by atoms with van der Waals surface area (Å²) in [6.45, 7) is 4.47. The molecule has 0 bridgehead atoms. The van der Waals surface area contributed by atoms with Crippen molar-refractivity contribution >= 4 is 23.9 Å². The fraction of sp³-hybridized carbons (Fsp3) is 0.579. The molecule has 0 aliphatic carbocycles. The second-order valence-electron chi connectivity index (χ2n) is 13.4. The molecule has 0 amide bonds. The van der Waals surface area contributed by atoms with E-state index < -0.39 is 48.6 Å². The van der Waals surface area contributed by atoms with Crippen LogP contribution in [0.5, 0.6) is 0 Å². The molecule has 12 heteroatoms. The Morgan fingerprint density at radius 2 is 1.04 bits per heavy atom. The van der Waals surface area contributed by atoms with E-state index in [2.05, 4.69) is 13.8 Å². The number of esters is 4. The first kappa shape index (κ1) is 39.0. The number of benzene rings is 2. The number of hydrogen-bond acceptors (Lipinski definition) is 12. The molecule has 2 aliphatic rings. The monoisotopic (exact) mass is 696 g/mol. The van der Waals surface area contributed by atoms with Crippen LogP contribution in [0.1, 0.15) is 96.4 Å². The minimum Gasteiger partial charge on any atom is -0.457 e. The molecule has 0 radical (unpaired) electrons. The zero-order valence-corrected chi connectivity index (χ0v) is 30.1. The van der Waals surface area contributed by atoms with Gasteiger partial charge >= 0.3 is 23.9 Å². The van der Waals surface area contributed by atoms with Crippen molar-refractivity contribution in [1.82, 2.24) is 9.80 Å². The highest BCUT2D eigenvalue weighted by Crippen LogP contribution is 2.34. The summed E-state index contributed by atoms with van der Waals surface area (Å²) in [6, 6.07) is 14.0. The Labute approximate surface area is 295 Å². The molecule has 4 rings (SSSR count). The van der Waals surface area contributed by atoms with E-state index >= 15 is 0 Å². The third-order valence-corrected chi connectivity index (χ3v) is 8.61. The van der Waals surface area contributed by atoms with Gasteiger partial charge in [0.25, 0.3) is 0 Å². The zero-order valence-electron chi connectivity index (χ0n) is 30.1. The Morgan fingerprint density at radius 3 is 1.40 bits per heavy atom. The molecule has 0 spiro atoms. The molecule has 2 aliphatic heterocycles. The van der Waals surface area contributed by atoms with E-state index in [0.29, 0.717) is 35.1 Å². The maximum Gasteiger partial charge on any atom is 0.339 e. The second kappa shape index (κ2) is 19.0. The first-order chi connectivity index (χ1) is 24.0. The van der Waals surface area contributed by atoms with E-state index in [1.807, 2.05) is 0 Å². The summed E-state index contributed by atoms with van der Waals surface area (Å²) in [5.41, 5.74) is 1.76. The van der Waals surface area contributed by atoms with Crippen LogP contribution in [0.3, 0.4) is 0 Å². The van der Waals surface area contributed by atoms with Gasteiger partial charge in [0.1, 0.15) is 24.4 Å². The van der Waals surface area contributed by atoms with Gasteiger partial charge in [-0.05, 0) is 66.0 Å². The molecule has 0 saturated carbocycles. The van der Waals surface area contributed by atoms with Crippen LogP contribution >= 0.6 is 0 Å². The van der Waals surface area contributed by atoms with Crippen molar-refractivity contribution in [2.75, 3.05) is 54.5 Å². The summed E-state index contributed by atoms with van der Waals surface area (Å²) in [4.78, 5) is 55.8. The molecule has 12 nitrogen and oxygen atoms in total. The molecule has 274 valence electrons. The summed E-state index contributed by atoms with van der Waals surface area (Å²) in [6.07, 6.45) is 0.568. The van der Waals surface area contributed by atoms with Crippen LogP contribution < -0.4 is 0 Å². The number of nitrogens with zero attached hydrogens (tertiary/aromatic N) is 2. The quantitative estimate of drug-likeness (QED) is 0.155. The lowest BCUT2D eigenvalue weighted by Gasteiger charge is -2.23. The minimum atomic E-state index is -0.739. The van der Waals surface area contributed by atoms with Crippen LogP contribution in [0, 0.1) is 0 Å². The first-order valence-corrected chi connectivity index (χ1v) is 17.5. The lowest BCUT2D eigenvalue weighted by Crippen LogP contribution is -2.36. The molecule has 2 aromatic carbocycles. The minimum absolute atomic E-state index is 0.0614. The summed E-state index contributed by atoms with van der Waals surface area (Å²) < 4.78 is 35.5. The van der Waals surface area contributed by atoms with Crippen LogP contribution in [0.2, 0.25) is 0 Å². The largest absolute Gasteiger partial charge is 0.457 e. The molecule has 2 saturated heterocycles. The van der Waals surface area contributed by atoms with Crippen molar-refractivity contribution in [2.45, 2.75) is 89.0 Å². The van der Waals surface area contributed by atoms with E-state index in [-0.39, 0.29) is 38.2 Å². The Hall–Kier alpha value is -3.84. The van der Waals surface area contributed by atoms with Gasteiger partial charge in [-0.1, -0.05) is 63.1 Å². The Bertz CT molecular complexity index is 1340. The van der Waals surface area contributed by atoms with Crippen molar-refractivity contribution in [3.63, 3.8) is 0 Å². The highest BCUT2D eigenvalue weighted by molar-refractivity contribution is 5.92. The summed E-state index contributed by atoms with van der Waals surface area (Å²) in [5, 5.41) is 0. The lowest BCUT2D eigenvalue weighted by atomic mass is 9.98. The van der Waals surface area contributed by atoms with Crippen molar-refractivity contribution in [3.05, 3.63) is 70.8 Å². The molecule has 6 atom stereocenters. The molecular weight excluding hydrogens is 644 g/mol. The normalized spacial score (nSPS) is 21.0. The molecule has 2 fully saturated rings. The van der Waals surface area contributed by atoms with Crippen LogP contribution in [0.15, 0.2) is 48.5 Å². The fourth-order valence-electron chi connectivity index (χ4n) is 6.20. The van der Waals surface area contributed by atoms with Crippen molar-refractivity contribution < 1.29 is 47.6 Å². The van der Waals surface area contributed by atoms with Crippen molar-refractivity contribution in [3.8, 4) is 0 Å². The van der Waals surface area contributed by atoms with Crippen LogP contribution in [-0.4, -0.2) is 113 Å². The molecule has 0 N–H and O–H groups in total. The molecule has 0 aromatic heterocycles. The number of ether oxygens (including phenoxy) is 6. The van der Waals surface area contributed by atoms with E-state index in [9.17, 15) is 19.2 Å². The second-order valence-corrected chi connectivity index (χ2v) is 13.4. The van der Waals surface area contributed by atoms with Gasteiger partial charge in [0.2, 0.25) is 0 Å². The predicted molar refractivity (Wildman–Crippen MR) is 185 cm³/mol. The van der Waals surface area contributed by atoms with Crippen molar-refractivity contribution in [1.29, 1.82) is 0 Å². The number of likely N-dealkylation sites (N-methyl/N-ethyl adjacent to an activating group) is 2. The predicted octanol–water partition coefficient (Wildman–Crippen LogP) is 4.91. The summed E-state index contributed by atoms with van der Waals surface area (Å²) >= 11 is 0. The molecular formula is C38H52N2O10. The number of fused-ring (bicyclic) bond motifs is 1. The molecule has 2 aromatic rings. The Balaban J connectivity index is 1.43. The highest BCUT2D eigenvalue weighted by atomic mass is 16.7. The van der Waals surface area contributed by atoms with Crippen LogP contribution in [0.4, 0.5) is 0 Å². The first-order valence-electron chi connectivity index (χ1n) is 17.5. The van der Waals surface area contributed by atoms with E-state index in [0.717, 1.165) is 25.7 Å². The molecule has 50 heavy (non-hydrogen) atoms. The van der Waals surface area contributed by atoms with E-state index in [1.165, 1.54) is 0 Å². The van der Waals surface area contributed by atoms with Crippen LogP contribution in [0.25, 0.3) is 0 Å². The average Bonchev–Trinajstić information content (AvgIpc) is 3.67. The lowest BCUT2D eigenvalue weighted by molar-refractivity contribution is -0.151. The topological polar surface area (TPSA) is 130 Å². The SMILES string of the molecule is CCCC[C@H](OC(=O)CN(C)C)c1ccccc1C(=O)O[C@H]1CO[C@H]2[C@@H]1OC[C@H]2OC(=O)c1ccccc1[C@H](CCCC)OC(=O)CN(C)C. The van der Waals surface area contributed by atoms with Gasteiger partial charge in [0, 0.05) is 11.1 Å². The highest BCUT2D eigenvalue weighted by Gasteiger charge is 2.51. The third kappa shape index (κ3) is 10.6. The third-order valence-electron chi connectivity index (χ3n) is 8.61.